The third-order valence-electron chi connectivity index (χ3n) is 4.72. The Morgan fingerprint density at radius 2 is 2.00 bits per heavy atom. The third-order valence-corrected chi connectivity index (χ3v) is 4.72. The van der Waals surface area contributed by atoms with Crippen molar-refractivity contribution in [1.29, 1.82) is 0 Å². The maximum Gasteiger partial charge on any atom is 0.219 e. The van der Waals surface area contributed by atoms with Crippen LogP contribution in [0.2, 0.25) is 0 Å². The van der Waals surface area contributed by atoms with Gasteiger partial charge < -0.3 is 19.9 Å². The van der Waals surface area contributed by atoms with Crippen molar-refractivity contribution in [3.05, 3.63) is 71.9 Å². The first kappa shape index (κ1) is 18.1. The number of hydrogen-bond acceptors (Lipinski definition) is 6. The molecule has 1 aromatic heterocycles. The Bertz CT molecular complexity index is 947. The van der Waals surface area contributed by atoms with Crippen LogP contribution in [-0.2, 0) is 13.1 Å². The van der Waals surface area contributed by atoms with Crippen LogP contribution in [0.3, 0.4) is 0 Å². The monoisotopic (exact) mass is 377 g/mol. The van der Waals surface area contributed by atoms with Crippen LogP contribution in [0.5, 0.6) is 23.1 Å². The lowest BCUT2D eigenvalue weighted by atomic mass is 10.1. The van der Waals surface area contributed by atoms with Gasteiger partial charge in [0.05, 0.1) is 19.0 Å². The molecule has 4 rings (SSSR count). The van der Waals surface area contributed by atoms with E-state index in [4.69, 9.17) is 9.47 Å². The fourth-order valence-electron chi connectivity index (χ4n) is 3.33. The molecule has 0 radical (unpaired) electrons. The van der Waals surface area contributed by atoms with Crippen molar-refractivity contribution in [3.8, 4) is 23.1 Å². The Labute approximate surface area is 164 Å². The van der Waals surface area contributed by atoms with E-state index in [0.717, 1.165) is 48.7 Å². The molecule has 2 aromatic carbocycles. The summed E-state index contributed by atoms with van der Waals surface area (Å²) >= 11 is 0. The predicted octanol–water partition coefficient (Wildman–Crippen LogP) is 4.02. The Morgan fingerprint density at radius 1 is 1.14 bits per heavy atom. The Hall–Kier alpha value is -3.25. The highest BCUT2D eigenvalue weighted by molar-refractivity contribution is 5.52. The number of ether oxygens (including phenoxy) is 2. The van der Waals surface area contributed by atoms with Crippen LogP contribution in [0.4, 0.5) is 5.69 Å². The fraction of sp³-hybridized carbons (Fsp3) is 0.227. The number of nitrogens with zero attached hydrogens (tertiary/aromatic N) is 2. The number of pyridine rings is 1. The molecular weight excluding hydrogens is 354 g/mol. The van der Waals surface area contributed by atoms with Crippen LogP contribution in [0, 0.1) is 0 Å². The van der Waals surface area contributed by atoms with Gasteiger partial charge in [-0.3, -0.25) is 4.90 Å². The average Bonchev–Trinajstić information content (AvgIpc) is 2.90. The highest BCUT2D eigenvalue weighted by Gasteiger charge is 2.16. The molecule has 0 amide bonds. The van der Waals surface area contributed by atoms with E-state index in [2.05, 4.69) is 15.2 Å². The summed E-state index contributed by atoms with van der Waals surface area (Å²) in [7, 11) is 1.55. The van der Waals surface area contributed by atoms with E-state index in [1.807, 2.05) is 48.7 Å². The van der Waals surface area contributed by atoms with Crippen LogP contribution in [0.25, 0.3) is 0 Å². The molecule has 0 saturated heterocycles. The number of methoxy groups -OCH3 is 1. The Balaban J connectivity index is 1.50. The summed E-state index contributed by atoms with van der Waals surface area (Å²) < 4.78 is 11.0. The summed E-state index contributed by atoms with van der Waals surface area (Å²) in [5, 5.41) is 13.5. The fourth-order valence-corrected chi connectivity index (χ4v) is 3.33. The predicted molar refractivity (Wildman–Crippen MR) is 108 cm³/mol. The van der Waals surface area contributed by atoms with Crippen molar-refractivity contribution in [3.63, 3.8) is 0 Å². The van der Waals surface area contributed by atoms with E-state index in [1.54, 1.807) is 19.2 Å². The van der Waals surface area contributed by atoms with Crippen LogP contribution >= 0.6 is 0 Å². The van der Waals surface area contributed by atoms with E-state index in [-0.39, 0.29) is 5.75 Å². The van der Waals surface area contributed by atoms with Gasteiger partial charge in [-0.2, -0.15) is 0 Å². The van der Waals surface area contributed by atoms with Gasteiger partial charge in [0, 0.05) is 32.2 Å². The lowest BCUT2D eigenvalue weighted by Gasteiger charge is -2.20. The molecule has 1 aliphatic heterocycles. The van der Waals surface area contributed by atoms with Crippen LogP contribution < -0.4 is 14.8 Å². The number of nitrogens with one attached hydrogen (secondary N) is 1. The molecule has 0 bridgehead atoms. The maximum atomic E-state index is 10.0. The molecule has 0 aliphatic carbocycles. The van der Waals surface area contributed by atoms with Crippen molar-refractivity contribution in [1.82, 2.24) is 9.88 Å². The number of rotatable bonds is 5. The van der Waals surface area contributed by atoms with Crippen molar-refractivity contribution >= 4 is 5.69 Å². The van der Waals surface area contributed by atoms with E-state index >= 15 is 0 Å². The minimum absolute atomic E-state index is 0.163. The normalized spacial score (nSPS) is 13.9. The second-order valence-electron chi connectivity index (χ2n) is 6.74. The van der Waals surface area contributed by atoms with Crippen LogP contribution in [0.15, 0.2) is 60.8 Å². The summed E-state index contributed by atoms with van der Waals surface area (Å²) in [6, 6.07) is 17.2. The molecule has 1 aliphatic rings. The maximum absolute atomic E-state index is 10.0. The van der Waals surface area contributed by atoms with Gasteiger partial charge in [0.2, 0.25) is 5.88 Å². The lowest BCUT2D eigenvalue weighted by Crippen LogP contribution is -2.25. The molecule has 0 saturated carbocycles. The standard InChI is InChI=1S/C22H23N3O3/c1-27-21-8-7-16(11-20(21)26)14-25-10-9-23-19-13-24-22(12-17(19)15-25)28-18-5-3-2-4-6-18/h2-8,11-13,23,26H,9-10,14-15H2,1H3. The number of phenols is 1. The quantitative estimate of drug-likeness (QED) is 0.700. The zero-order chi connectivity index (χ0) is 19.3. The smallest absolute Gasteiger partial charge is 0.219 e. The molecule has 3 aromatic rings. The molecule has 2 N–H and O–H groups in total. The molecule has 6 nitrogen and oxygen atoms in total. The number of aromatic nitrogens is 1. The van der Waals surface area contributed by atoms with Gasteiger partial charge in [0.15, 0.2) is 11.5 Å². The van der Waals surface area contributed by atoms with E-state index < -0.39 is 0 Å². The molecule has 28 heavy (non-hydrogen) atoms. The molecular formula is C22H23N3O3. The van der Waals surface area contributed by atoms with Gasteiger partial charge in [-0.25, -0.2) is 4.98 Å². The zero-order valence-electron chi connectivity index (χ0n) is 15.8. The van der Waals surface area contributed by atoms with Crippen LogP contribution in [0.1, 0.15) is 11.1 Å². The van der Waals surface area contributed by atoms with E-state index in [0.29, 0.717) is 11.6 Å². The Kier molecular flexibility index (Phi) is 5.30. The summed E-state index contributed by atoms with van der Waals surface area (Å²) in [4.78, 5) is 6.74. The first-order valence-corrected chi connectivity index (χ1v) is 9.25. The minimum atomic E-state index is 0.163. The van der Waals surface area contributed by atoms with Gasteiger partial charge in [0.1, 0.15) is 5.75 Å². The second-order valence-corrected chi connectivity index (χ2v) is 6.74. The number of aromatic hydroxyl groups is 1. The SMILES string of the molecule is COc1ccc(CN2CCNc3cnc(Oc4ccccc4)cc3C2)cc1O. The largest absolute Gasteiger partial charge is 0.504 e. The van der Waals surface area contributed by atoms with Crippen molar-refractivity contribution in [2.24, 2.45) is 0 Å². The number of phenolic OH excluding ortho intramolecular Hbond substituents is 1. The number of fused-ring (bicyclic) bond motifs is 1. The van der Waals surface area contributed by atoms with E-state index in [1.165, 1.54) is 0 Å². The Morgan fingerprint density at radius 3 is 2.79 bits per heavy atom. The van der Waals surface area contributed by atoms with Crippen LogP contribution in [-0.4, -0.2) is 35.2 Å². The summed E-state index contributed by atoms with van der Waals surface area (Å²) in [5.41, 5.74) is 3.20. The first-order chi connectivity index (χ1) is 13.7. The molecule has 2 heterocycles. The van der Waals surface area contributed by atoms with Crippen molar-refractivity contribution in [2.75, 3.05) is 25.5 Å². The molecule has 0 fully saturated rings. The van der Waals surface area contributed by atoms with Gasteiger partial charge in [-0.1, -0.05) is 24.3 Å². The van der Waals surface area contributed by atoms with Gasteiger partial charge in [0.25, 0.3) is 0 Å². The number of anilines is 1. The molecule has 6 heteroatoms. The number of para-hydroxylation sites is 1. The molecule has 0 unspecified atom stereocenters. The summed E-state index contributed by atoms with van der Waals surface area (Å²) in [5.74, 6) is 1.99. The summed E-state index contributed by atoms with van der Waals surface area (Å²) in [6.07, 6.45) is 1.83. The number of benzene rings is 2. The summed E-state index contributed by atoms with van der Waals surface area (Å²) in [6.45, 7) is 3.21. The number of hydrogen-bond donors (Lipinski definition) is 2. The van der Waals surface area contributed by atoms with Crippen molar-refractivity contribution < 1.29 is 14.6 Å². The highest BCUT2D eigenvalue weighted by Crippen LogP contribution is 2.29. The molecule has 0 spiro atoms. The lowest BCUT2D eigenvalue weighted by molar-refractivity contribution is 0.271. The van der Waals surface area contributed by atoms with Crippen molar-refractivity contribution in [2.45, 2.75) is 13.1 Å². The zero-order valence-corrected chi connectivity index (χ0v) is 15.8. The van der Waals surface area contributed by atoms with Gasteiger partial charge >= 0.3 is 0 Å². The van der Waals surface area contributed by atoms with E-state index in [9.17, 15) is 5.11 Å². The molecule has 0 atom stereocenters. The average molecular weight is 377 g/mol. The van der Waals surface area contributed by atoms with Gasteiger partial charge in [-0.15, -0.1) is 0 Å². The highest BCUT2D eigenvalue weighted by atomic mass is 16.5. The minimum Gasteiger partial charge on any atom is -0.504 e. The first-order valence-electron chi connectivity index (χ1n) is 9.25. The topological polar surface area (TPSA) is 66.9 Å². The molecule has 144 valence electrons. The third kappa shape index (κ3) is 4.18. The second kappa shape index (κ2) is 8.19. The van der Waals surface area contributed by atoms with Gasteiger partial charge in [-0.05, 0) is 35.4 Å².